The number of hydrogen-bond acceptors (Lipinski definition) is 6. The van der Waals surface area contributed by atoms with Crippen LogP contribution >= 0.6 is 7.82 Å². The first kappa shape index (κ1) is 66.9. The molecule has 0 aromatic rings. The zero-order chi connectivity index (χ0) is 50.6. The van der Waals surface area contributed by atoms with E-state index < -0.39 is 26.6 Å². The Labute approximate surface area is 427 Å². The van der Waals surface area contributed by atoms with Gasteiger partial charge in [-0.15, -0.1) is 0 Å². The molecule has 0 heterocycles. The number of phosphoric acid groups is 1. The molecule has 0 aromatic heterocycles. The number of hydrogen-bond donors (Lipinski definition) is 2. The molecule has 0 rings (SSSR count). The van der Waals surface area contributed by atoms with Crippen LogP contribution in [0.15, 0.2) is 72.9 Å². The van der Waals surface area contributed by atoms with Crippen LogP contribution < -0.4 is 10.2 Å². The number of amides is 1. The summed E-state index contributed by atoms with van der Waals surface area (Å²) in [6.45, 7) is 4.52. The zero-order valence-electron chi connectivity index (χ0n) is 45.8. The molecule has 3 atom stereocenters. The van der Waals surface area contributed by atoms with Crippen molar-refractivity contribution in [1.29, 1.82) is 0 Å². The van der Waals surface area contributed by atoms with Crippen LogP contribution in [0.25, 0.3) is 0 Å². The predicted octanol–water partition coefficient (Wildman–Crippen LogP) is 16.9. The molecule has 0 saturated heterocycles. The second-order valence-electron chi connectivity index (χ2n) is 20.6. The van der Waals surface area contributed by atoms with Gasteiger partial charge in [0.25, 0.3) is 7.82 Å². The second kappa shape index (κ2) is 50.9. The average molecular weight is 988 g/mol. The van der Waals surface area contributed by atoms with Crippen LogP contribution in [-0.2, 0) is 18.4 Å². The molecule has 0 fully saturated rings. The largest absolute Gasteiger partial charge is 0.756 e. The summed E-state index contributed by atoms with van der Waals surface area (Å²) in [5.41, 5.74) is 0. The number of aliphatic hydroxyl groups is 1. The SMILES string of the molecule is CC/C=C\C/C=C\C/C=C\C/C=C\CCCCCCCCC(=O)NC(COP(=O)([O-])OCC[N+](C)(C)C)C(O)/C=C/CC/C=C/CCCCCCCCCCCCCCCCCCCCCCCC. The molecule has 9 heteroatoms. The van der Waals surface area contributed by atoms with Gasteiger partial charge >= 0.3 is 0 Å². The molecule has 1 amide bonds. The summed E-state index contributed by atoms with van der Waals surface area (Å²) in [5.74, 6) is -0.222. The van der Waals surface area contributed by atoms with Crippen LogP contribution in [0.2, 0.25) is 0 Å². The average Bonchev–Trinajstić information content (AvgIpc) is 3.31. The number of likely N-dealkylation sites (N-methyl/N-ethyl adjacent to an activating group) is 1. The summed E-state index contributed by atoms with van der Waals surface area (Å²) in [6.07, 6.45) is 69.9. The van der Waals surface area contributed by atoms with Crippen molar-refractivity contribution in [3.63, 3.8) is 0 Å². The van der Waals surface area contributed by atoms with Gasteiger partial charge in [0.1, 0.15) is 13.2 Å². The van der Waals surface area contributed by atoms with Gasteiger partial charge in [-0.25, -0.2) is 0 Å². The second-order valence-corrected chi connectivity index (χ2v) is 22.0. The van der Waals surface area contributed by atoms with Crippen molar-refractivity contribution in [1.82, 2.24) is 5.32 Å². The number of quaternary nitrogens is 1. The third-order valence-electron chi connectivity index (χ3n) is 12.7. The molecule has 0 saturated carbocycles. The van der Waals surface area contributed by atoms with E-state index in [0.29, 0.717) is 17.4 Å². The number of nitrogens with zero attached hydrogens (tertiary/aromatic N) is 1. The van der Waals surface area contributed by atoms with E-state index in [4.69, 9.17) is 9.05 Å². The summed E-state index contributed by atoms with van der Waals surface area (Å²) in [7, 11) is 1.23. The zero-order valence-corrected chi connectivity index (χ0v) is 46.6. The van der Waals surface area contributed by atoms with Gasteiger partial charge in [0.15, 0.2) is 0 Å². The minimum absolute atomic E-state index is 0.0126. The monoisotopic (exact) mass is 987 g/mol. The highest BCUT2D eigenvalue weighted by atomic mass is 31.2. The third-order valence-corrected chi connectivity index (χ3v) is 13.6. The minimum Gasteiger partial charge on any atom is -0.756 e. The molecule has 0 radical (unpaired) electrons. The van der Waals surface area contributed by atoms with Crippen LogP contribution in [0, 0.1) is 0 Å². The highest BCUT2D eigenvalue weighted by molar-refractivity contribution is 7.45. The summed E-state index contributed by atoms with van der Waals surface area (Å²) in [5, 5.41) is 13.9. The van der Waals surface area contributed by atoms with Gasteiger partial charge in [-0.2, -0.15) is 0 Å². The number of nitrogens with one attached hydrogen (secondary N) is 1. The Balaban J connectivity index is 4.26. The molecule has 402 valence electrons. The standard InChI is InChI=1S/C60H111N2O6P/c1-6-8-10-12-14-16-18-20-22-24-26-27-28-29-30-31-32-33-34-36-37-39-41-43-45-47-49-51-53-59(63)58(57-68-69(65,66)67-56-55-62(3,4)5)61-60(64)54-52-50-48-46-44-42-40-38-35-25-23-21-19-17-15-13-11-9-7-2/h9,11,15,17,21,23,35,38,43,45,51,53,58-59,63H,6-8,10,12-14,16,18-20,22,24-34,36-37,39-42,44,46-50,52,54-57H2,1-5H3,(H-,61,64,65,66)/b11-9-,17-15-,23-21-,38-35-,45-43+,53-51+. The normalized spacial score (nSPS) is 14.5. The summed E-state index contributed by atoms with van der Waals surface area (Å²) in [4.78, 5) is 25.5. The maximum Gasteiger partial charge on any atom is 0.268 e. The molecular weight excluding hydrogens is 876 g/mol. The lowest BCUT2D eigenvalue weighted by molar-refractivity contribution is -0.870. The first-order valence-electron chi connectivity index (χ1n) is 28.8. The van der Waals surface area contributed by atoms with Crippen molar-refractivity contribution in [2.45, 2.75) is 264 Å². The fourth-order valence-corrected chi connectivity index (χ4v) is 8.88. The Morgan fingerprint density at radius 1 is 0.522 bits per heavy atom. The van der Waals surface area contributed by atoms with Crippen LogP contribution in [0.3, 0.4) is 0 Å². The predicted molar refractivity (Wildman–Crippen MR) is 297 cm³/mol. The van der Waals surface area contributed by atoms with E-state index in [-0.39, 0.29) is 12.5 Å². The summed E-state index contributed by atoms with van der Waals surface area (Å²) >= 11 is 0. The molecule has 0 aliphatic rings. The van der Waals surface area contributed by atoms with Crippen molar-refractivity contribution >= 4 is 13.7 Å². The molecule has 0 bridgehead atoms. The lowest BCUT2D eigenvalue weighted by Gasteiger charge is -2.29. The van der Waals surface area contributed by atoms with Gasteiger partial charge in [-0.3, -0.25) is 9.36 Å². The van der Waals surface area contributed by atoms with E-state index in [1.807, 2.05) is 27.2 Å². The van der Waals surface area contributed by atoms with Crippen LogP contribution in [0.4, 0.5) is 0 Å². The number of rotatable bonds is 52. The summed E-state index contributed by atoms with van der Waals surface area (Å²) < 4.78 is 23.3. The fraction of sp³-hybridized carbons (Fsp3) is 0.783. The van der Waals surface area contributed by atoms with E-state index in [2.05, 4.69) is 79.9 Å². The van der Waals surface area contributed by atoms with Crippen LogP contribution in [-0.4, -0.2) is 68.5 Å². The Kier molecular flexibility index (Phi) is 49.3. The first-order chi connectivity index (χ1) is 33.5. The first-order valence-corrected chi connectivity index (χ1v) is 30.3. The number of aliphatic hydroxyl groups excluding tert-OH is 1. The van der Waals surface area contributed by atoms with Crippen molar-refractivity contribution in [2.24, 2.45) is 0 Å². The highest BCUT2D eigenvalue weighted by Crippen LogP contribution is 2.38. The van der Waals surface area contributed by atoms with Crippen molar-refractivity contribution in [3.8, 4) is 0 Å². The Morgan fingerprint density at radius 3 is 1.35 bits per heavy atom. The van der Waals surface area contributed by atoms with Gasteiger partial charge in [0.2, 0.25) is 5.91 Å². The highest BCUT2D eigenvalue weighted by Gasteiger charge is 2.23. The fourth-order valence-electron chi connectivity index (χ4n) is 8.16. The van der Waals surface area contributed by atoms with Crippen LogP contribution in [0.1, 0.15) is 251 Å². The molecule has 8 nitrogen and oxygen atoms in total. The molecule has 69 heavy (non-hydrogen) atoms. The number of phosphoric ester groups is 1. The van der Waals surface area contributed by atoms with E-state index in [9.17, 15) is 19.4 Å². The van der Waals surface area contributed by atoms with Gasteiger partial charge in [-0.1, -0.05) is 247 Å². The minimum atomic E-state index is -4.61. The topological polar surface area (TPSA) is 108 Å². The maximum absolute atomic E-state index is 12.9. The van der Waals surface area contributed by atoms with Crippen molar-refractivity contribution in [3.05, 3.63) is 72.9 Å². The molecule has 3 unspecified atom stereocenters. The smallest absolute Gasteiger partial charge is 0.268 e. The number of carbonyl (C=O) groups excluding carboxylic acids is 1. The lowest BCUT2D eigenvalue weighted by atomic mass is 10.0. The molecule has 0 aromatic carbocycles. The Morgan fingerprint density at radius 2 is 0.899 bits per heavy atom. The molecule has 0 spiro atoms. The maximum atomic E-state index is 12.9. The van der Waals surface area contributed by atoms with E-state index >= 15 is 0 Å². The van der Waals surface area contributed by atoms with Gasteiger partial charge in [0.05, 0.1) is 39.9 Å². The van der Waals surface area contributed by atoms with Gasteiger partial charge in [-0.05, 0) is 70.6 Å². The molecule has 0 aliphatic heterocycles. The molecular formula is C60H111N2O6P. The van der Waals surface area contributed by atoms with Gasteiger partial charge < -0.3 is 28.8 Å². The van der Waals surface area contributed by atoms with E-state index in [1.165, 1.54) is 154 Å². The van der Waals surface area contributed by atoms with E-state index in [1.54, 1.807) is 6.08 Å². The number of unbranched alkanes of at least 4 members (excludes halogenated alkanes) is 29. The van der Waals surface area contributed by atoms with E-state index in [0.717, 1.165) is 77.0 Å². The van der Waals surface area contributed by atoms with Crippen molar-refractivity contribution < 1.29 is 32.9 Å². The Hall–Kier alpha value is -2.06. The molecule has 2 N–H and O–H groups in total. The summed E-state index contributed by atoms with van der Waals surface area (Å²) in [6, 6.07) is -0.916. The third kappa shape index (κ3) is 53.6. The van der Waals surface area contributed by atoms with Gasteiger partial charge in [0, 0.05) is 6.42 Å². The quantitative estimate of drug-likeness (QED) is 0.0272. The van der Waals surface area contributed by atoms with Crippen molar-refractivity contribution in [2.75, 3.05) is 40.9 Å². The Bertz CT molecular complexity index is 1350. The number of allylic oxidation sites excluding steroid dienone is 11. The number of carbonyl (C=O) groups is 1. The molecule has 0 aliphatic carbocycles. The van der Waals surface area contributed by atoms with Crippen LogP contribution in [0.5, 0.6) is 0 Å². The lowest BCUT2D eigenvalue weighted by Crippen LogP contribution is -2.45.